The van der Waals surface area contributed by atoms with Crippen molar-refractivity contribution < 1.29 is 14.3 Å². The number of ether oxygens (including phenoxy) is 1. The van der Waals surface area contributed by atoms with Gasteiger partial charge in [-0.2, -0.15) is 0 Å². The van der Waals surface area contributed by atoms with E-state index in [1.165, 1.54) is 0 Å². The fourth-order valence-corrected chi connectivity index (χ4v) is 5.90. The quantitative estimate of drug-likeness (QED) is 0.251. The van der Waals surface area contributed by atoms with E-state index in [2.05, 4.69) is 43.6 Å². The summed E-state index contributed by atoms with van der Waals surface area (Å²) in [5.74, 6) is -0.639. The molecule has 0 fully saturated rings. The number of nitrogens with one attached hydrogen (secondary N) is 1. The number of fused-ring (bicyclic) bond motifs is 2. The zero-order valence-electron chi connectivity index (χ0n) is 22.5. The van der Waals surface area contributed by atoms with Crippen LogP contribution in [0.1, 0.15) is 59.2 Å². The largest absolute Gasteiger partial charge is 0.452 e. The Morgan fingerprint density at radius 1 is 1.10 bits per heavy atom. The highest BCUT2D eigenvalue weighted by Crippen LogP contribution is 2.45. The van der Waals surface area contributed by atoms with E-state index >= 15 is 0 Å². The molecule has 0 saturated carbocycles. The number of allylic oxidation sites excluding steroid dienone is 1. The summed E-state index contributed by atoms with van der Waals surface area (Å²) in [7, 11) is 0. The normalized spacial score (nSPS) is 16.2. The van der Waals surface area contributed by atoms with E-state index in [1.54, 1.807) is 29.5 Å². The number of benzene rings is 2. The summed E-state index contributed by atoms with van der Waals surface area (Å²) < 4.78 is 5.64. The van der Waals surface area contributed by atoms with Gasteiger partial charge in [0.25, 0.3) is 5.91 Å². The van der Waals surface area contributed by atoms with Crippen molar-refractivity contribution >= 4 is 63.1 Å². The summed E-state index contributed by atoms with van der Waals surface area (Å²) in [5.41, 5.74) is 5.44. The smallest absolute Gasteiger partial charge is 0.339 e. The Balaban J connectivity index is 1.52. The maximum atomic E-state index is 13.7. The molecule has 1 unspecified atom stereocenters. The molecular formula is C32H31ClN2O3S. The minimum atomic E-state index is -0.521. The molecule has 2 aromatic carbocycles. The van der Waals surface area contributed by atoms with E-state index in [0.29, 0.717) is 28.6 Å². The third-order valence-electron chi connectivity index (χ3n) is 7.38. The molecule has 0 bridgehead atoms. The lowest BCUT2D eigenvalue weighted by molar-refractivity contribution is -0.119. The van der Waals surface area contributed by atoms with Crippen molar-refractivity contribution in [2.45, 2.75) is 40.5 Å². The highest BCUT2D eigenvalue weighted by atomic mass is 35.5. The number of nitrogens with zero attached hydrogens (tertiary/aromatic N) is 1. The van der Waals surface area contributed by atoms with E-state index in [-0.39, 0.29) is 5.41 Å². The second-order valence-corrected chi connectivity index (χ2v) is 12.4. The molecule has 7 heteroatoms. The van der Waals surface area contributed by atoms with Gasteiger partial charge in [-0.15, -0.1) is 11.3 Å². The number of esters is 1. The Morgan fingerprint density at radius 2 is 1.90 bits per heavy atom. The molecule has 200 valence electrons. The van der Waals surface area contributed by atoms with E-state index in [9.17, 15) is 9.59 Å². The van der Waals surface area contributed by atoms with Crippen molar-refractivity contribution in [2.24, 2.45) is 11.3 Å². The summed E-state index contributed by atoms with van der Waals surface area (Å²) in [6, 6.07) is 17.0. The molecule has 39 heavy (non-hydrogen) atoms. The lowest BCUT2D eigenvalue weighted by Gasteiger charge is -2.36. The topological polar surface area (TPSA) is 68.3 Å². The molecular weight excluding hydrogens is 528 g/mol. The van der Waals surface area contributed by atoms with Gasteiger partial charge in [0.1, 0.15) is 0 Å². The molecule has 1 N–H and O–H groups in total. The van der Waals surface area contributed by atoms with Crippen molar-refractivity contribution in [1.82, 2.24) is 4.98 Å². The van der Waals surface area contributed by atoms with Crippen LogP contribution in [-0.2, 0) is 16.0 Å². The molecule has 0 saturated heterocycles. The van der Waals surface area contributed by atoms with E-state index in [0.717, 1.165) is 44.6 Å². The first-order valence-corrected chi connectivity index (χ1v) is 14.3. The average Bonchev–Trinajstić information content (AvgIpc) is 3.41. The highest BCUT2D eigenvalue weighted by Gasteiger charge is 2.35. The summed E-state index contributed by atoms with van der Waals surface area (Å²) >= 11 is 7.86. The second-order valence-electron chi connectivity index (χ2n) is 11.0. The molecule has 2 aromatic heterocycles. The van der Waals surface area contributed by atoms with E-state index in [1.807, 2.05) is 37.3 Å². The summed E-state index contributed by atoms with van der Waals surface area (Å²) in [6.45, 7) is 8.13. The zero-order valence-corrected chi connectivity index (χ0v) is 24.1. The number of anilines is 1. The molecule has 1 aliphatic rings. The van der Waals surface area contributed by atoms with E-state index in [4.69, 9.17) is 21.3 Å². The predicted molar refractivity (Wildman–Crippen MR) is 160 cm³/mol. The number of halogens is 1. The number of para-hydroxylation sites is 1. The van der Waals surface area contributed by atoms with Gasteiger partial charge in [-0.05, 0) is 83.5 Å². The third kappa shape index (κ3) is 5.77. The molecule has 2 heterocycles. The summed E-state index contributed by atoms with van der Waals surface area (Å²) in [5, 5.41) is 6.14. The van der Waals surface area contributed by atoms with Crippen LogP contribution in [0.2, 0.25) is 5.02 Å². The van der Waals surface area contributed by atoms with Crippen LogP contribution in [-0.4, -0.2) is 23.5 Å². The van der Waals surface area contributed by atoms with Crippen molar-refractivity contribution in [1.29, 1.82) is 0 Å². The Bertz CT molecular complexity index is 1590. The Labute approximate surface area is 237 Å². The van der Waals surface area contributed by atoms with Crippen LogP contribution in [0, 0.1) is 18.3 Å². The molecule has 0 aliphatic heterocycles. The van der Waals surface area contributed by atoms with Crippen LogP contribution in [0.25, 0.3) is 22.6 Å². The molecule has 4 aromatic rings. The molecule has 1 atom stereocenters. The molecule has 5 nitrogen and oxygen atoms in total. The monoisotopic (exact) mass is 558 g/mol. The number of carbonyl (C=O) groups excluding carboxylic acids is 2. The Morgan fingerprint density at radius 3 is 2.64 bits per heavy atom. The molecule has 5 rings (SSSR count). The lowest BCUT2D eigenvalue weighted by Crippen LogP contribution is -2.29. The van der Waals surface area contributed by atoms with Gasteiger partial charge in [-0.1, -0.05) is 62.7 Å². The van der Waals surface area contributed by atoms with Crippen molar-refractivity contribution in [2.75, 3.05) is 11.9 Å². The number of rotatable bonds is 5. The SMILES string of the molecule is Cc1c(Cl)cccc1NC(=O)COC(=O)c1c2c(nc3ccccc13)/C(=C/c1cccs1)CC(C(C)(C)C)C2. The average molecular weight is 559 g/mol. The Kier molecular flexibility index (Phi) is 7.61. The third-order valence-corrected chi connectivity index (χ3v) is 8.61. The van der Waals surface area contributed by atoms with Crippen LogP contribution in [0.4, 0.5) is 5.69 Å². The first kappa shape index (κ1) is 27.1. The van der Waals surface area contributed by atoms with Gasteiger partial charge in [0.15, 0.2) is 6.61 Å². The Hall–Kier alpha value is -3.48. The first-order chi connectivity index (χ1) is 18.6. The summed E-state index contributed by atoms with van der Waals surface area (Å²) in [4.78, 5) is 32.6. The molecule has 1 aliphatic carbocycles. The van der Waals surface area contributed by atoms with Gasteiger partial charge >= 0.3 is 5.97 Å². The zero-order chi connectivity index (χ0) is 27.7. The molecule has 0 radical (unpaired) electrons. The summed E-state index contributed by atoms with van der Waals surface area (Å²) in [6.07, 6.45) is 3.77. The van der Waals surface area contributed by atoms with E-state index < -0.39 is 18.5 Å². The fraction of sp³-hybridized carbons (Fsp3) is 0.281. The maximum Gasteiger partial charge on any atom is 0.339 e. The van der Waals surface area contributed by atoms with Gasteiger partial charge in [0.05, 0.1) is 16.8 Å². The predicted octanol–water partition coefficient (Wildman–Crippen LogP) is 8.20. The van der Waals surface area contributed by atoms with Gasteiger partial charge < -0.3 is 10.1 Å². The van der Waals surface area contributed by atoms with Crippen molar-refractivity contribution in [3.8, 4) is 0 Å². The molecule has 1 amide bonds. The maximum absolute atomic E-state index is 13.7. The van der Waals surface area contributed by atoms with Gasteiger partial charge in [-0.3, -0.25) is 4.79 Å². The number of amides is 1. The van der Waals surface area contributed by atoms with Crippen LogP contribution in [0.3, 0.4) is 0 Å². The first-order valence-electron chi connectivity index (χ1n) is 13.0. The minimum Gasteiger partial charge on any atom is -0.452 e. The van der Waals surface area contributed by atoms with Gasteiger partial charge in [0, 0.05) is 21.0 Å². The fourth-order valence-electron chi connectivity index (χ4n) is 5.05. The number of thiophene rings is 1. The number of hydrogen-bond donors (Lipinski definition) is 1. The number of aromatic nitrogens is 1. The van der Waals surface area contributed by atoms with Crippen molar-refractivity contribution in [3.05, 3.63) is 92.3 Å². The number of carbonyl (C=O) groups is 2. The van der Waals surface area contributed by atoms with Crippen LogP contribution < -0.4 is 5.32 Å². The molecule has 0 spiro atoms. The number of hydrogen-bond acceptors (Lipinski definition) is 5. The number of pyridine rings is 1. The van der Waals surface area contributed by atoms with Crippen LogP contribution >= 0.6 is 22.9 Å². The lowest BCUT2D eigenvalue weighted by atomic mass is 9.69. The van der Waals surface area contributed by atoms with Crippen LogP contribution in [0.15, 0.2) is 60.0 Å². The standard InChI is InChI=1S/C32H31ClN2O3S/c1-19-25(33)11-7-13-26(19)34-28(36)18-38-31(37)29-23-10-5-6-12-27(23)35-30-20(16-22-9-8-14-39-22)15-21(17-24(29)30)32(2,3)4/h5-14,16,21H,15,17-18H2,1-4H3,(H,34,36)/b20-16+. The van der Waals surface area contributed by atoms with Gasteiger partial charge in [-0.25, -0.2) is 9.78 Å². The van der Waals surface area contributed by atoms with Gasteiger partial charge in [0.2, 0.25) is 0 Å². The van der Waals surface area contributed by atoms with Crippen LogP contribution in [0.5, 0.6) is 0 Å². The van der Waals surface area contributed by atoms with Crippen molar-refractivity contribution in [3.63, 3.8) is 0 Å². The second kappa shape index (κ2) is 10.9. The highest BCUT2D eigenvalue weighted by molar-refractivity contribution is 7.10. The minimum absolute atomic E-state index is 0.0216.